The van der Waals surface area contributed by atoms with Gasteiger partial charge in [0.2, 0.25) is 5.91 Å². The third-order valence-electron chi connectivity index (χ3n) is 6.66. The van der Waals surface area contributed by atoms with E-state index in [0.717, 1.165) is 48.1 Å². The van der Waals surface area contributed by atoms with Gasteiger partial charge in [0.05, 0.1) is 25.8 Å². The number of nitriles is 1. The molecule has 156 valence electrons. The molecule has 1 saturated heterocycles. The summed E-state index contributed by atoms with van der Waals surface area (Å²) in [5.74, 6) is 0.609. The quantitative estimate of drug-likeness (QED) is 0.813. The van der Waals surface area contributed by atoms with Gasteiger partial charge >= 0.3 is 0 Å². The molecular formula is C25H28N2O3. The van der Waals surface area contributed by atoms with Crippen LogP contribution in [0, 0.1) is 17.2 Å². The van der Waals surface area contributed by atoms with Crippen LogP contribution in [0.25, 0.3) is 11.1 Å². The number of amides is 1. The molecule has 2 aliphatic rings. The molecule has 0 unspecified atom stereocenters. The van der Waals surface area contributed by atoms with E-state index in [0.29, 0.717) is 0 Å². The number of hydrogen-bond donors (Lipinski definition) is 1. The van der Waals surface area contributed by atoms with Crippen molar-refractivity contribution in [1.29, 1.82) is 5.26 Å². The van der Waals surface area contributed by atoms with E-state index < -0.39 is 6.04 Å². The number of nitrogens with zero attached hydrogens (tertiary/aromatic N) is 2. The highest BCUT2D eigenvalue weighted by Gasteiger charge is 2.53. The molecule has 5 heteroatoms. The standard InChI is InChI=1S/C25H28N2O3/c1-30-19-13-11-17(12-14-19)20-9-5-6-10-21(20)24-22(15-26)27(23(24)16-28)25(29)18-7-3-2-4-8-18/h5-6,9-14,18,22-24,28H,2-4,7-8,16H2,1H3/t22-,23+,24+/m1/s1. The topological polar surface area (TPSA) is 73.6 Å². The number of aliphatic hydroxyl groups excluding tert-OH is 1. The van der Waals surface area contributed by atoms with Crippen molar-refractivity contribution in [3.8, 4) is 22.9 Å². The van der Waals surface area contributed by atoms with Crippen LogP contribution in [-0.2, 0) is 4.79 Å². The third kappa shape index (κ3) is 3.57. The number of methoxy groups -OCH3 is 1. The predicted molar refractivity (Wildman–Crippen MR) is 115 cm³/mol. The second kappa shape index (κ2) is 8.89. The van der Waals surface area contributed by atoms with Gasteiger partial charge in [-0.3, -0.25) is 4.79 Å². The van der Waals surface area contributed by atoms with Crippen LogP contribution < -0.4 is 4.74 Å². The van der Waals surface area contributed by atoms with Gasteiger partial charge in [0.25, 0.3) is 0 Å². The summed E-state index contributed by atoms with van der Waals surface area (Å²) in [7, 11) is 1.64. The second-order valence-corrected chi connectivity index (χ2v) is 8.25. The fraction of sp³-hybridized carbons (Fsp3) is 0.440. The summed E-state index contributed by atoms with van der Waals surface area (Å²) < 4.78 is 5.26. The Labute approximate surface area is 177 Å². The average Bonchev–Trinajstić information content (AvgIpc) is 2.80. The second-order valence-electron chi connectivity index (χ2n) is 8.25. The van der Waals surface area contributed by atoms with Crippen molar-refractivity contribution in [2.24, 2.45) is 5.92 Å². The smallest absolute Gasteiger partial charge is 0.227 e. The minimum absolute atomic E-state index is 0.0126. The number of carbonyl (C=O) groups is 1. The average molecular weight is 405 g/mol. The van der Waals surface area contributed by atoms with Crippen LogP contribution in [0.4, 0.5) is 0 Å². The fourth-order valence-electron chi connectivity index (χ4n) is 5.06. The number of aliphatic hydroxyl groups is 1. The zero-order valence-electron chi connectivity index (χ0n) is 17.3. The van der Waals surface area contributed by atoms with E-state index in [4.69, 9.17) is 4.74 Å². The van der Waals surface area contributed by atoms with E-state index in [-0.39, 0.29) is 30.4 Å². The third-order valence-corrected chi connectivity index (χ3v) is 6.66. The molecule has 30 heavy (non-hydrogen) atoms. The summed E-state index contributed by atoms with van der Waals surface area (Å²) in [6.45, 7) is -0.141. The van der Waals surface area contributed by atoms with Gasteiger partial charge < -0.3 is 14.7 Å². The maximum absolute atomic E-state index is 13.2. The van der Waals surface area contributed by atoms with Crippen LogP contribution in [-0.4, -0.2) is 41.7 Å². The Balaban J connectivity index is 1.65. The van der Waals surface area contributed by atoms with Crippen molar-refractivity contribution >= 4 is 5.91 Å². The van der Waals surface area contributed by atoms with Crippen LogP contribution in [0.2, 0.25) is 0 Å². The summed E-state index contributed by atoms with van der Waals surface area (Å²) in [4.78, 5) is 14.8. The lowest BCUT2D eigenvalue weighted by atomic mass is 9.72. The van der Waals surface area contributed by atoms with Crippen molar-refractivity contribution < 1.29 is 14.6 Å². The molecule has 2 fully saturated rings. The minimum Gasteiger partial charge on any atom is -0.497 e. The van der Waals surface area contributed by atoms with Gasteiger partial charge in [-0.2, -0.15) is 5.26 Å². The van der Waals surface area contributed by atoms with E-state index >= 15 is 0 Å². The van der Waals surface area contributed by atoms with Crippen LogP contribution >= 0.6 is 0 Å². The summed E-state index contributed by atoms with van der Waals surface area (Å²) in [5, 5.41) is 20.1. The molecule has 2 aromatic rings. The molecule has 1 saturated carbocycles. The number of likely N-dealkylation sites (tertiary alicyclic amines) is 1. The van der Waals surface area contributed by atoms with Gasteiger partial charge in [-0.25, -0.2) is 0 Å². The number of ether oxygens (including phenoxy) is 1. The van der Waals surface area contributed by atoms with E-state index in [1.165, 1.54) is 6.42 Å². The van der Waals surface area contributed by atoms with E-state index in [9.17, 15) is 15.2 Å². The first kappa shape index (κ1) is 20.4. The highest BCUT2D eigenvalue weighted by Crippen LogP contribution is 2.45. The van der Waals surface area contributed by atoms with Crippen LogP contribution in [0.3, 0.4) is 0 Å². The Morgan fingerprint density at radius 2 is 1.83 bits per heavy atom. The highest BCUT2D eigenvalue weighted by atomic mass is 16.5. The lowest BCUT2D eigenvalue weighted by Crippen LogP contribution is -2.66. The number of carbonyl (C=O) groups excluding carboxylic acids is 1. The lowest BCUT2D eigenvalue weighted by molar-refractivity contribution is -0.152. The first-order valence-electron chi connectivity index (χ1n) is 10.8. The van der Waals surface area contributed by atoms with Gasteiger partial charge in [-0.1, -0.05) is 55.7 Å². The van der Waals surface area contributed by atoms with Gasteiger partial charge in [-0.05, 0) is 41.7 Å². The Kier molecular flexibility index (Phi) is 6.06. The molecule has 0 aromatic heterocycles. The minimum atomic E-state index is -0.545. The summed E-state index contributed by atoms with van der Waals surface area (Å²) in [6, 6.07) is 17.2. The Morgan fingerprint density at radius 3 is 2.47 bits per heavy atom. The molecule has 0 bridgehead atoms. The maximum atomic E-state index is 13.2. The van der Waals surface area contributed by atoms with E-state index in [1.54, 1.807) is 12.0 Å². The molecule has 1 aliphatic carbocycles. The normalized spacial score (nSPS) is 24.0. The molecule has 1 aliphatic heterocycles. The van der Waals surface area contributed by atoms with Crippen molar-refractivity contribution in [2.75, 3.05) is 13.7 Å². The predicted octanol–water partition coefficient (Wildman–Crippen LogP) is 4.12. The van der Waals surface area contributed by atoms with Gasteiger partial charge in [0.1, 0.15) is 11.8 Å². The van der Waals surface area contributed by atoms with Crippen molar-refractivity contribution in [3.63, 3.8) is 0 Å². The van der Waals surface area contributed by atoms with E-state index in [1.807, 2.05) is 48.5 Å². The molecule has 1 N–H and O–H groups in total. The number of hydrogen-bond acceptors (Lipinski definition) is 4. The lowest BCUT2D eigenvalue weighted by Gasteiger charge is -2.53. The Bertz CT molecular complexity index is 928. The van der Waals surface area contributed by atoms with Crippen LogP contribution in [0.5, 0.6) is 5.75 Å². The van der Waals surface area contributed by atoms with Gasteiger partial charge in [-0.15, -0.1) is 0 Å². The largest absolute Gasteiger partial charge is 0.497 e. The molecule has 0 spiro atoms. The molecule has 0 radical (unpaired) electrons. The molecule has 1 amide bonds. The van der Waals surface area contributed by atoms with E-state index in [2.05, 4.69) is 6.07 Å². The summed E-state index contributed by atoms with van der Waals surface area (Å²) in [6.07, 6.45) is 5.08. The first-order valence-corrected chi connectivity index (χ1v) is 10.8. The molecule has 2 aromatic carbocycles. The molecular weight excluding hydrogens is 376 g/mol. The zero-order valence-corrected chi connectivity index (χ0v) is 17.3. The highest BCUT2D eigenvalue weighted by molar-refractivity contribution is 5.82. The summed E-state index contributed by atoms with van der Waals surface area (Å²) in [5.41, 5.74) is 3.05. The van der Waals surface area contributed by atoms with Crippen molar-refractivity contribution in [3.05, 3.63) is 54.1 Å². The molecule has 4 rings (SSSR count). The fourth-order valence-corrected chi connectivity index (χ4v) is 5.06. The summed E-state index contributed by atoms with van der Waals surface area (Å²) >= 11 is 0. The number of benzene rings is 2. The first-order chi connectivity index (χ1) is 14.7. The van der Waals surface area contributed by atoms with Crippen molar-refractivity contribution in [1.82, 2.24) is 4.90 Å². The maximum Gasteiger partial charge on any atom is 0.227 e. The van der Waals surface area contributed by atoms with Gasteiger partial charge in [0, 0.05) is 11.8 Å². The Morgan fingerprint density at radius 1 is 1.13 bits per heavy atom. The van der Waals surface area contributed by atoms with Crippen LogP contribution in [0.15, 0.2) is 48.5 Å². The SMILES string of the molecule is COc1ccc(-c2ccccc2[C@H]2[C@@H](C#N)N(C(=O)C3CCCCC3)[C@H]2CO)cc1. The van der Waals surface area contributed by atoms with Crippen molar-refractivity contribution in [2.45, 2.75) is 50.1 Å². The Hall–Kier alpha value is -2.84. The number of rotatable bonds is 5. The van der Waals surface area contributed by atoms with Crippen LogP contribution in [0.1, 0.15) is 43.6 Å². The molecule has 5 nitrogen and oxygen atoms in total. The monoisotopic (exact) mass is 404 g/mol. The zero-order chi connectivity index (χ0) is 21.1. The molecule has 1 heterocycles. The van der Waals surface area contributed by atoms with Gasteiger partial charge in [0.15, 0.2) is 0 Å². The molecule has 3 atom stereocenters.